The zero-order valence-corrected chi connectivity index (χ0v) is 14.0. The number of benzene rings is 2. The van der Waals surface area contributed by atoms with E-state index in [9.17, 15) is 4.79 Å². The maximum absolute atomic E-state index is 12.5. The molecule has 0 aliphatic carbocycles. The molecule has 0 spiro atoms. The minimum atomic E-state index is -0.0200. The molecule has 2 aromatic carbocycles. The van der Waals surface area contributed by atoms with Gasteiger partial charge in [0.2, 0.25) is 0 Å². The number of hydrogen-bond acceptors (Lipinski definition) is 2. The van der Waals surface area contributed by atoms with Gasteiger partial charge in [0, 0.05) is 21.4 Å². The van der Waals surface area contributed by atoms with Crippen LogP contribution in [0.4, 0.5) is 5.69 Å². The smallest absolute Gasteiger partial charge is 0.255 e. The summed E-state index contributed by atoms with van der Waals surface area (Å²) in [7, 11) is 0. The molecule has 1 aliphatic rings. The fourth-order valence-electron chi connectivity index (χ4n) is 2.61. The second-order valence-corrected chi connectivity index (χ2v) is 6.45. The highest BCUT2D eigenvalue weighted by Crippen LogP contribution is 2.21. The summed E-state index contributed by atoms with van der Waals surface area (Å²) in [6.45, 7) is 3.84. The Balaban J connectivity index is 1.87. The first-order valence-electron chi connectivity index (χ1n) is 7.04. The van der Waals surface area contributed by atoms with Crippen molar-refractivity contribution in [3.63, 3.8) is 0 Å². The second-order valence-electron chi connectivity index (χ2n) is 5.29. The molecule has 108 valence electrons. The van der Waals surface area contributed by atoms with Crippen molar-refractivity contribution in [1.29, 1.82) is 0 Å². The van der Waals surface area contributed by atoms with Gasteiger partial charge in [-0.1, -0.05) is 18.2 Å². The molecule has 0 fully saturated rings. The van der Waals surface area contributed by atoms with Crippen LogP contribution in [0.2, 0.25) is 0 Å². The van der Waals surface area contributed by atoms with Crippen molar-refractivity contribution >= 4 is 34.2 Å². The predicted octanol–water partition coefficient (Wildman–Crippen LogP) is 3.50. The number of amides is 1. The van der Waals surface area contributed by atoms with Crippen molar-refractivity contribution in [2.45, 2.75) is 19.9 Å². The van der Waals surface area contributed by atoms with E-state index < -0.39 is 0 Å². The lowest BCUT2D eigenvalue weighted by Crippen LogP contribution is -2.26. The molecule has 0 saturated heterocycles. The van der Waals surface area contributed by atoms with Crippen LogP contribution in [0.15, 0.2) is 36.4 Å². The monoisotopic (exact) mass is 392 g/mol. The number of anilines is 1. The van der Waals surface area contributed by atoms with Crippen LogP contribution in [-0.2, 0) is 13.0 Å². The Labute approximate surface area is 138 Å². The first-order valence-corrected chi connectivity index (χ1v) is 8.12. The fraction of sp³-hybridized carbons (Fsp3) is 0.235. The lowest BCUT2D eigenvalue weighted by atomic mass is 9.95. The topological polar surface area (TPSA) is 41.1 Å². The number of aryl methyl sites for hydroxylation is 1. The van der Waals surface area contributed by atoms with Crippen LogP contribution in [-0.4, -0.2) is 12.5 Å². The summed E-state index contributed by atoms with van der Waals surface area (Å²) >= 11 is 2.29. The van der Waals surface area contributed by atoms with Crippen molar-refractivity contribution in [3.8, 4) is 0 Å². The Bertz CT molecular complexity index is 697. The summed E-state index contributed by atoms with van der Waals surface area (Å²) in [5.41, 5.74) is 5.27. The molecule has 0 aromatic heterocycles. The zero-order valence-electron chi connectivity index (χ0n) is 11.9. The Morgan fingerprint density at radius 3 is 2.95 bits per heavy atom. The number of carbonyl (C=O) groups excluding carboxylic acids is 1. The molecule has 1 heterocycles. The molecule has 2 aromatic rings. The zero-order chi connectivity index (χ0) is 14.8. The van der Waals surface area contributed by atoms with Crippen LogP contribution in [0.5, 0.6) is 0 Å². The van der Waals surface area contributed by atoms with Gasteiger partial charge in [-0.05, 0) is 77.4 Å². The summed E-state index contributed by atoms with van der Waals surface area (Å²) in [5.74, 6) is -0.0200. The quantitative estimate of drug-likeness (QED) is 0.769. The molecular weight excluding hydrogens is 375 g/mol. The number of rotatable bonds is 2. The number of fused-ring (bicyclic) bond motifs is 1. The molecule has 21 heavy (non-hydrogen) atoms. The van der Waals surface area contributed by atoms with Gasteiger partial charge in [0.1, 0.15) is 0 Å². The third-order valence-corrected chi connectivity index (χ3v) is 4.98. The SMILES string of the molecule is Cc1ccc(NC(=O)c2cccc3c2CCNC3)cc1I. The van der Waals surface area contributed by atoms with Crippen molar-refractivity contribution in [1.82, 2.24) is 5.32 Å². The number of nitrogens with one attached hydrogen (secondary N) is 2. The van der Waals surface area contributed by atoms with Gasteiger partial charge in [-0.3, -0.25) is 4.79 Å². The van der Waals surface area contributed by atoms with Gasteiger partial charge in [-0.15, -0.1) is 0 Å². The van der Waals surface area contributed by atoms with E-state index in [2.05, 4.69) is 46.2 Å². The number of carbonyl (C=O) groups is 1. The third kappa shape index (κ3) is 3.11. The standard InChI is InChI=1S/C17H17IN2O/c1-11-5-6-13(9-16(11)18)20-17(21)15-4-2-3-12-10-19-8-7-14(12)15/h2-6,9,19H,7-8,10H2,1H3,(H,20,21). The van der Waals surface area contributed by atoms with Crippen molar-refractivity contribution in [2.75, 3.05) is 11.9 Å². The Morgan fingerprint density at radius 2 is 2.14 bits per heavy atom. The third-order valence-electron chi connectivity index (χ3n) is 3.81. The minimum Gasteiger partial charge on any atom is -0.322 e. The maximum Gasteiger partial charge on any atom is 0.255 e. The Kier molecular flexibility index (Phi) is 4.26. The Hall–Kier alpha value is -1.40. The van der Waals surface area contributed by atoms with Gasteiger partial charge < -0.3 is 10.6 Å². The van der Waals surface area contributed by atoms with E-state index >= 15 is 0 Å². The molecule has 0 saturated carbocycles. The van der Waals surface area contributed by atoms with Crippen LogP contribution in [0, 0.1) is 10.5 Å². The van der Waals surface area contributed by atoms with Crippen molar-refractivity contribution in [3.05, 3.63) is 62.2 Å². The first kappa shape index (κ1) is 14.5. The summed E-state index contributed by atoms with van der Waals surface area (Å²) in [5, 5.41) is 6.35. The molecule has 0 atom stereocenters. The molecule has 1 amide bonds. The molecule has 0 bridgehead atoms. The molecule has 0 radical (unpaired) electrons. The molecule has 0 unspecified atom stereocenters. The number of halogens is 1. The first-order chi connectivity index (χ1) is 10.1. The molecule has 4 heteroatoms. The largest absolute Gasteiger partial charge is 0.322 e. The van der Waals surface area contributed by atoms with Crippen molar-refractivity contribution in [2.24, 2.45) is 0 Å². The van der Waals surface area contributed by atoms with Gasteiger partial charge in [-0.2, -0.15) is 0 Å². The molecule has 3 rings (SSSR count). The van der Waals surface area contributed by atoms with Gasteiger partial charge in [0.25, 0.3) is 5.91 Å². The lowest BCUT2D eigenvalue weighted by Gasteiger charge is -2.20. The van der Waals surface area contributed by atoms with E-state index in [1.807, 2.05) is 30.3 Å². The van der Waals surface area contributed by atoms with Crippen LogP contribution >= 0.6 is 22.6 Å². The normalized spacial score (nSPS) is 13.6. The number of hydrogen-bond donors (Lipinski definition) is 2. The summed E-state index contributed by atoms with van der Waals surface area (Å²) < 4.78 is 1.16. The Morgan fingerprint density at radius 1 is 1.29 bits per heavy atom. The highest BCUT2D eigenvalue weighted by atomic mass is 127. The summed E-state index contributed by atoms with van der Waals surface area (Å²) in [6, 6.07) is 11.9. The molecular formula is C17H17IN2O. The average Bonchev–Trinajstić information content (AvgIpc) is 2.50. The van der Waals surface area contributed by atoms with E-state index in [0.717, 1.165) is 34.3 Å². The van der Waals surface area contributed by atoms with E-state index in [4.69, 9.17) is 0 Å². The van der Waals surface area contributed by atoms with E-state index in [-0.39, 0.29) is 5.91 Å². The summed E-state index contributed by atoms with van der Waals surface area (Å²) in [4.78, 5) is 12.5. The van der Waals surface area contributed by atoms with E-state index in [1.54, 1.807) is 0 Å². The summed E-state index contributed by atoms with van der Waals surface area (Å²) in [6.07, 6.45) is 0.907. The average molecular weight is 392 g/mol. The van der Waals surface area contributed by atoms with E-state index in [1.165, 1.54) is 16.7 Å². The minimum absolute atomic E-state index is 0.0200. The second kappa shape index (κ2) is 6.15. The maximum atomic E-state index is 12.5. The van der Waals surface area contributed by atoms with Crippen LogP contribution in [0.3, 0.4) is 0 Å². The van der Waals surface area contributed by atoms with Gasteiger partial charge in [0.05, 0.1) is 0 Å². The highest BCUT2D eigenvalue weighted by Gasteiger charge is 2.17. The van der Waals surface area contributed by atoms with Gasteiger partial charge >= 0.3 is 0 Å². The van der Waals surface area contributed by atoms with E-state index in [0.29, 0.717) is 0 Å². The lowest BCUT2D eigenvalue weighted by molar-refractivity contribution is 0.102. The van der Waals surface area contributed by atoms with Crippen LogP contribution in [0.1, 0.15) is 27.0 Å². The van der Waals surface area contributed by atoms with Crippen molar-refractivity contribution < 1.29 is 4.79 Å². The molecule has 1 aliphatic heterocycles. The van der Waals surface area contributed by atoms with Crippen LogP contribution in [0.25, 0.3) is 0 Å². The fourth-order valence-corrected chi connectivity index (χ4v) is 3.13. The van der Waals surface area contributed by atoms with Gasteiger partial charge in [-0.25, -0.2) is 0 Å². The van der Waals surface area contributed by atoms with Crippen LogP contribution < -0.4 is 10.6 Å². The highest BCUT2D eigenvalue weighted by molar-refractivity contribution is 14.1. The van der Waals surface area contributed by atoms with Gasteiger partial charge in [0.15, 0.2) is 0 Å². The molecule has 2 N–H and O–H groups in total. The molecule has 3 nitrogen and oxygen atoms in total. The predicted molar refractivity (Wildman–Crippen MR) is 93.7 cm³/mol.